The van der Waals surface area contributed by atoms with Crippen LogP contribution in [0.3, 0.4) is 0 Å². The summed E-state index contributed by atoms with van der Waals surface area (Å²) in [4.78, 5) is 11.9. The van der Waals surface area contributed by atoms with Crippen molar-refractivity contribution in [2.45, 2.75) is 25.4 Å². The third kappa shape index (κ3) is 2.61. The van der Waals surface area contributed by atoms with E-state index in [1.165, 1.54) is 0 Å². The van der Waals surface area contributed by atoms with Gasteiger partial charge in [-0.1, -0.05) is 0 Å². The van der Waals surface area contributed by atoms with Gasteiger partial charge in [-0.2, -0.15) is 0 Å². The molecule has 1 saturated heterocycles. The van der Waals surface area contributed by atoms with Gasteiger partial charge in [-0.3, -0.25) is 4.79 Å². The second-order valence-electron chi connectivity index (χ2n) is 3.99. The van der Waals surface area contributed by atoms with Gasteiger partial charge in [0.25, 0.3) is 0 Å². The van der Waals surface area contributed by atoms with Gasteiger partial charge in [-0.15, -0.1) is 0 Å². The summed E-state index contributed by atoms with van der Waals surface area (Å²) in [5.74, 6) is 0.920. The summed E-state index contributed by atoms with van der Waals surface area (Å²) in [5.41, 5.74) is 0.733. The van der Waals surface area contributed by atoms with E-state index >= 15 is 0 Å². The molecule has 1 atom stereocenters. The highest BCUT2D eigenvalue weighted by Crippen LogP contribution is 2.19. The van der Waals surface area contributed by atoms with Crippen molar-refractivity contribution in [2.24, 2.45) is 0 Å². The first-order valence-electron chi connectivity index (χ1n) is 5.58. The standard InChI is InChI=1S/C13H16O3/c1-15-11-6-4-10(5-7-11)13(14)9-12-3-2-8-16-12/h4-7,12H,2-3,8-9H2,1H3. The Labute approximate surface area is 95.4 Å². The minimum Gasteiger partial charge on any atom is -0.497 e. The molecule has 0 N–H and O–H groups in total. The number of hydrogen-bond acceptors (Lipinski definition) is 3. The van der Waals surface area contributed by atoms with Crippen LogP contribution in [0.4, 0.5) is 0 Å². The van der Waals surface area contributed by atoms with Crippen molar-refractivity contribution in [2.75, 3.05) is 13.7 Å². The molecule has 1 aliphatic rings. The van der Waals surface area contributed by atoms with Gasteiger partial charge < -0.3 is 9.47 Å². The molecule has 3 heteroatoms. The van der Waals surface area contributed by atoms with Crippen molar-refractivity contribution < 1.29 is 14.3 Å². The van der Waals surface area contributed by atoms with Crippen LogP contribution in [0.15, 0.2) is 24.3 Å². The molecule has 16 heavy (non-hydrogen) atoms. The summed E-state index contributed by atoms with van der Waals surface area (Å²) in [6.45, 7) is 0.792. The first-order chi connectivity index (χ1) is 7.79. The molecule has 1 heterocycles. The van der Waals surface area contributed by atoms with E-state index in [2.05, 4.69) is 0 Å². The zero-order valence-corrected chi connectivity index (χ0v) is 9.44. The smallest absolute Gasteiger partial charge is 0.165 e. The Morgan fingerprint density at radius 2 is 2.19 bits per heavy atom. The van der Waals surface area contributed by atoms with E-state index in [1.807, 2.05) is 12.1 Å². The number of hydrogen-bond donors (Lipinski definition) is 0. The van der Waals surface area contributed by atoms with Crippen molar-refractivity contribution >= 4 is 5.78 Å². The molecule has 1 aliphatic heterocycles. The number of ether oxygens (including phenoxy) is 2. The molecule has 1 unspecified atom stereocenters. The van der Waals surface area contributed by atoms with E-state index in [0.29, 0.717) is 6.42 Å². The lowest BCUT2D eigenvalue weighted by molar-refractivity contribution is 0.0775. The van der Waals surface area contributed by atoms with Crippen LogP contribution in [0.25, 0.3) is 0 Å². The van der Waals surface area contributed by atoms with Crippen LogP contribution in [-0.2, 0) is 4.74 Å². The van der Waals surface area contributed by atoms with E-state index in [9.17, 15) is 4.79 Å². The van der Waals surface area contributed by atoms with Crippen LogP contribution in [0.5, 0.6) is 5.75 Å². The number of ketones is 1. The first kappa shape index (κ1) is 11.1. The summed E-state index contributed by atoms with van der Waals surface area (Å²) >= 11 is 0. The first-order valence-corrected chi connectivity index (χ1v) is 5.58. The molecule has 1 aromatic carbocycles. The number of Topliss-reactive ketones (excluding diaryl/α,β-unsaturated/α-hetero) is 1. The SMILES string of the molecule is COc1ccc(C(=O)CC2CCCO2)cc1. The van der Waals surface area contributed by atoms with E-state index in [-0.39, 0.29) is 11.9 Å². The summed E-state index contributed by atoms with van der Waals surface area (Å²) in [6, 6.07) is 7.22. The van der Waals surface area contributed by atoms with Gasteiger partial charge in [0.2, 0.25) is 0 Å². The number of carbonyl (C=O) groups is 1. The molecule has 0 aromatic heterocycles. The van der Waals surface area contributed by atoms with Gasteiger partial charge in [-0.05, 0) is 37.1 Å². The zero-order chi connectivity index (χ0) is 11.4. The van der Waals surface area contributed by atoms with E-state index in [1.54, 1.807) is 19.2 Å². The lowest BCUT2D eigenvalue weighted by atomic mass is 10.0. The van der Waals surface area contributed by atoms with Crippen molar-refractivity contribution in [1.29, 1.82) is 0 Å². The van der Waals surface area contributed by atoms with Crippen molar-refractivity contribution in [3.8, 4) is 5.75 Å². The average molecular weight is 220 g/mol. The number of carbonyl (C=O) groups excluding carboxylic acids is 1. The van der Waals surface area contributed by atoms with Gasteiger partial charge in [0.1, 0.15) is 5.75 Å². The monoisotopic (exact) mass is 220 g/mol. The Hall–Kier alpha value is -1.35. The van der Waals surface area contributed by atoms with Gasteiger partial charge >= 0.3 is 0 Å². The maximum atomic E-state index is 11.9. The van der Waals surface area contributed by atoms with Crippen molar-refractivity contribution in [3.63, 3.8) is 0 Å². The maximum Gasteiger partial charge on any atom is 0.165 e. The molecule has 1 aromatic rings. The van der Waals surface area contributed by atoms with Gasteiger partial charge in [0.15, 0.2) is 5.78 Å². The predicted molar refractivity (Wildman–Crippen MR) is 60.9 cm³/mol. The van der Waals surface area contributed by atoms with Crippen LogP contribution in [-0.4, -0.2) is 25.6 Å². The Morgan fingerprint density at radius 1 is 1.44 bits per heavy atom. The molecule has 0 spiro atoms. The molecule has 86 valence electrons. The van der Waals surface area contributed by atoms with E-state index in [0.717, 1.165) is 30.8 Å². The maximum absolute atomic E-state index is 11.9. The van der Waals surface area contributed by atoms with E-state index in [4.69, 9.17) is 9.47 Å². The highest BCUT2D eigenvalue weighted by atomic mass is 16.5. The van der Waals surface area contributed by atoms with Gasteiger partial charge in [0, 0.05) is 18.6 Å². The Balaban J connectivity index is 1.97. The molecule has 1 fully saturated rings. The third-order valence-electron chi connectivity index (χ3n) is 2.85. The highest BCUT2D eigenvalue weighted by Gasteiger charge is 2.19. The van der Waals surface area contributed by atoms with Crippen LogP contribution >= 0.6 is 0 Å². The molecular weight excluding hydrogens is 204 g/mol. The van der Waals surface area contributed by atoms with Gasteiger partial charge in [-0.25, -0.2) is 0 Å². The summed E-state index contributed by atoms with van der Waals surface area (Å²) < 4.78 is 10.5. The highest BCUT2D eigenvalue weighted by molar-refractivity contribution is 5.96. The Kier molecular flexibility index (Phi) is 3.57. The fraction of sp³-hybridized carbons (Fsp3) is 0.462. The van der Waals surface area contributed by atoms with E-state index < -0.39 is 0 Å². The van der Waals surface area contributed by atoms with Crippen LogP contribution in [0.1, 0.15) is 29.6 Å². The van der Waals surface area contributed by atoms with Crippen LogP contribution in [0.2, 0.25) is 0 Å². The number of methoxy groups -OCH3 is 1. The molecule has 2 rings (SSSR count). The molecule has 0 radical (unpaired) electrons. The summed E-state index contributed by atoms with van der Waals surface area (Å²) in [7, 11) is 1.61. The minimum atomic E-state index is 0.120. The molecule has 0 aliphatic carbocycles. The summed E-state index contributed by atoms with van der Waals surface area (Å²) in [5, 5.41) is 0. The third-order valence-corrected chi connectivity index (χ3v) is 2.85. The van der Waals surface area contributed by atoms with Gasteiger partial charge in [0.05, 0.1) is 13.2 Å². The van der Waals surface area contributed by atoms with Crippen LogP contribution in [0, 0.1) is 0 Å². The largest absolute Gasteiger partial charge is 0.497 e. The lowest BCUT2D eigenvalue weighted by Crippen LogP contribution is -2.12. The molecule has 3 nitrogen and oxygen atoms in total. The molecule has 0 bridgehead atoms. The summed E-state index contributed by atoms with van der Waals surface area (Å²) in [6.07, 6.45) is 2.68. The minimum absolute atomic E-state index is 0.120. The van der Waals surface area contributed by atoms with Crippen molar-refractivity contribution in [3.05, 3.63) is 29.8 Å². The average Bonchev–Trinajstić information content (AvgIpc) is 2.82. The number of rotatable bonds is 4. The van der Waals surface area contributed by atoms with Crippen LogP contribution < -0.4 is 4.74 Å². The lowest BCUT2D eigenvalue weighted by Gasteiger charge is -2.08. The fourth-order valence-corrected chi connectivity index (χ4v) is 1.91. The second-order valence-corrected chi connectivity index (χ2v) is 3.99. The Bertz CT molecular complexity index is 350. The predicted octanol–water partition coefficient (Wildman–Crippen LogP) is 2.45. The normalized spacial score (nSPS) is 19.7. The number of benzene rings is 1. The Morgan fingerprint density at radius 3 is 2.75 bits per heavy atom. The van der Waals surface area contributed by atoms with Crippen molar-refractivity contribution in [1.82, 2.24) is 0 Å². The molecular formula is C13H16O3. The molecule has 0 amide bonds. The fourth-order valence-electron chi connectivity index (χ4n) is 1.91. The second kappa shape index (κ2) is 5.12. The topological polar surface area (TPSA) is 35.5 Å². The zero-order valence-electron chi connectivity index (χ0n) is 9.44. The quantitative estimate of drug-likeness (QED) is 0.731. The molecule has 0 saturated carbocycles.